The van der Waals surface area contributed by atoms with Gasteiger partial charge in [-0.1, -0.05) is 6.07 Å². The van der Waals surface area contributed by atoms with Crippen LogP contribution in [0, 0.1) is 0 Å². The Morgan fingerprint density at radius 1 is 1.28 bits per heavy atom. The summed E-state index contributed by atoms with van der Waals surface area (Å²) in [6.45, 7) is 3.23. The van der Waals surface area contributed by atoms with E-state index in [1.54, 1.807) is 36.2 Å². The number of methoxy groups -OCH3 is 2. The molecule has 0 bridgehead atoms. The van der Waals surface area contributed by atoms with Crippen LogP contribution < -0.4 is 20.1 Å². The molecule has 3 N–H and O–H groups in total. The summed E-state index contributed by atoms with van der Waals surface area (Å²) in [5.41, 5.74) is 1.54. The second kappa shape index (κ2) is 8.93. The van der Waals surface area contributed by atoms with Crippen LogP contribution >= 0.6 is 0 Å². The maximum atomic E-state index is 11.8. The quantitative estimate of drug-likeness (QED) is 0.671. The lowest BCUT2D eigenvalue weighted by Gasteiger charge is -2.15. The third-order valence-electron chi connectivity index (χ3n) is 3.71. The van der Waals surface area contributed by atoms with Crippen molar-refractivity contribution in [1.29, 1.82) is 0 Å². The minimum atomic E-state index is -0.853. The molecular formula is C17H24N4O4. The van der Waals surface area contributed by atoms with Gasteiger partial charge in [0.15, 0.2) is 11.5 Å². The molecule has 1 heterocycles. The van der Waals surface area contributed by atoms with Crippen LogP contribution in [0.1, 0.15) is 24.2 Å². The van der Waals surface area contributed by atoms with Crippen LogP contribution in [-0.2, 0) is 13.1 Å². The molecule has 136 valence electrons. The van der Waals surface area contributed by atoms with Gasteiger partial charge in [0.1, 0.15) is 0 Å². The van der Waals surface area contributed by atoms with Crippen molar-refractivity contribution in [1.82, 2.24) is 20.4 Å². The zero-order chi connectivity index (χ0) is 18.2. The first kappa shape index (κ1) is 18.6. The Hall–Kier alpha value is -2.74. The minimum Gasteiger partial charge on any atom is -0.493 e. The number of nitrogens with one attached hydrogen (secondary N) is 2. The lowest BCUT2D eigenvalue weighted by molar-refractivity contribution is 0.172. The zero-order valence-corrected chi connectivity index (χ0v) is 14.7. The van der Waals surface area contributed by atoms with Gasteiger partial charge >= 0.3 is 6.03 Å². The molecule has 0 aliphatic rings. The minimum absolute atomic E-state index is 0.0789. The number of aromatic nitrogens is 2. The molecule has 1 aromatic heterocycles. The van der Waals surface area contributed by atoms with Gasteiger partial charge in [-0.15, -0.1) is 0 Å². The van der Waals surface area contributed by atoms with Crippen molar-refractivity contribution in [3.8, 4) is 11.5 Å². The van der Waals surface area contributed by atoms with Crippen molar-refractivity contribution >= 4 is 6.03 Å². The van der Waals surface area contributed by atoms with Crippen LogP contribution in [0.4, 0.5) is 4.79 Å². The largest absolute Gasteiger partial charge is 0.493 e. The number of aliphatic hydroxyl groups is 1. The highest BCUT2D eigenvalue weighted by molar-refractivity contribution is 5.73. The summed E-state index contributed by atoms with van der Waals surface area (Å²) in [4.78, 5) is 11.8. The van der Waals surface area contributed by atoms with Gasteiger partial charge in [-0.05, 0) is 24.6 Å². The topological polar surface area (TPSA) is 97.6 Å². The molecule has 0 radical (unpaired) electrons. The number of amides is 2. The second-order valence-electron chi connectivity index (χ2n) is 5.40. The average molecular weight is 348 g/mol. The zero-order valence-electron chi connectivity index (χ0n) is 14.7. The molecule has 0 fully saturated rings. The number of nitrogens with zero attached hydrogens (tertiary/aromatic N) is 2. The van der Waals surface area contributed by atoms with Gasteiger partial charge in [-0.2, -0.15) is 5.10 Å². The van der Waals surface area contributed by atoms with E-state index >= 15 is 0 Å². The Labute approximate surface area is 146 Å². The summed E-state index contributed by atoms with van der Waals surface area (Å²) in [5.74, 6) is 1.10. The fraction of sp³-hybridized carbons (Fsp3) is 0.412. The van der Waals surface area contributed by atoms with Gasteiger partial charge in [-0.3, -0.25) is 4.68 Å². The molecule has 2 amide bonds. The molecule has 8 nitrogen and oxygen atoms in total. The Kier molecular flexibility index (Phi) is 6.64. The predicted octanol–water partition coefficient (Wildman–Crippen LogP) is 1.45. The van der Waals surface area contributed by atoms with Gasteiger partial charge in [0.25, 0.3) is 0 Å². The number of aliphatic hydroxyl groups excluding tert-OH is 1. The van der Waals surface area contributed by atoms with Crippen molar-refractivity contribution in [3.63, 3.8) is 0 Å². The lowest BCUT2D eigenvalue weighted by atomic mass is 10.1. The fourth-order valence-corrected chi connectivity index (χ4v) is 2.28. The molecule has 0 aliphatic heterocycles. The van der Waals surface area contributed by atoms with Crippen LogP contribution in [0.5, 0.6) is 11.5 Å². The SMILES string of the molecule is CCn1cc(CNC(=O)NC[C@H](O)c2ccc(OC)c(OC)c2)cn1. The number of aryl methyl sites for hydroxylation is 1. The number of carbonyl (C=O) groups is 1. The third kappa shape index (κ3) is 5.12. The highest BCUT2D eigenvalue weighted by Crippen LogP contribution is 2.29. The molecule has 8 heteroatoms. The van der Waals surface area contributed by atoms with Crippen LogP contribution in [0.3, 0.4) is 0 Å². The van der Waals surface area contributed by atoms with E-state index in [-0.39, 0.29) is 12.6 Å². The van der Waals surface area contributed by atoms with E-state index in [1.165, 1.54) is 7.11 Å². The van der Waals surface area contributed by atoms with E-state index < -0.39 is 6.10 Å². The molecule has 1 aromatic carbocycles. The number of urea groups is 1. The molecule has 0 unspecified atom stereocenters. The van der Waals surface area contributed by atoms with E-state index in [4.69, 9.17) is 9.47 Å². The van der Waals surface area contributed by atoms with Crippen molar-refractivity contribution in [2.45, 2.75) is 26.1 Å². The summed E-state index contributed by atoms with van der Waals surface area (Å²) >= 11 is 0. The molecule has 1 atom stereocenters. The van der Waals surface area contributed by atoms with Crippen molar-refractivity contribution in [3.05, 3.63) is 41.7 Å². The maximum absolute atomic E-state index is 11.8. The molecule has 25 heavy (non-hydrogen) atoms. The molecule has 2 aromatic rings. The summed E-state index contributed by atoms with van der Waals surface area (Å²) in [5, 5.41) is 19.7. The van der Waals surface area contributed by atoms with Gasteiger partial charge < -0.3 is 25.2 Å². The number of carbonyl (C=O) groups excluding carboxylic acids is 1. The highest BCUT2D eigenvalue weighted by Gasteiger charge is 2.13. The normalized spacial score (nSPS) is 11.7. The molecular weight excluding hydrogens is 324 g/mol. The van der Waals surface area contributed by atoms with E-state index in [2.05, 4.69) is 15.7 Å². The number of hydrogen-bond donors (Lipinski definition) is 3. The Morgan fingerprint density at radius 2 is 2.04 bits per heavy atom. The lowest BCUT2D eigenvalue weighted by Crippen LogP contribution is -2.37. The van der Waals surface area contributed by atoms with Crippen molar-refractivity contribution < 1.29 is 19.4 Å². The molecule has 0 saturated carbocycles. The molecule has 0 spiro atoms. The summed E-state index contributed by atoms with van der Waals surface area (Å²) in [6.07, 6.45) is 2.73. The summed E-state index contributed by atoms with van der Waals surface area (Å²) in [7, 11) is 3.07. The molecule has 2 rings (SSSR count). The van der Waals surface area contributed by atoms with Crippen LogP contribution in [0.2, 0.25) is 0 Å². The first-order valence-corrected chi connectivity index (χ1v) is 8.00. The van der Waals surface area contributed by atoms with E-state index in [0.29, 0.717) is 23.6 Å². The summed E-state index contributed by atoms with van der Waals surface area (Å²) in [6, 6.07) is 4.76. The Bertz CT molecular complexity index is 702. The Morgan fingerprint density at radius 3 is 2.68 bits per heavy atom. The number of benzene rings is 1. The Balaban J connectivity index is 1.82. The number of rotatable bonds is 8. The predicted molar refractivity (Wildman–Crippen MR) is 92.6 cm³/mol. The third-order valence-corrected chi connectivity index (χ3v) is 3.71. The van der Waals surface area contributed by atoms with Gasteiger partial charge in [0.2, 0.25) is 0 Å². The second-order valence-corrected chi connectivity index (χ2v) is 5.40. The molecule has 0 saturated heterocycles. The highest BCUT2D eigenvalue weighted by atomic mass is 16.5. The van der Waals surface area contributed by atoms with E-state index in [1.807, 2.05) is 13.1 Å². The average Bonchev–Trinajstić information content (AvgIpc) is 3.11. The number of hydrogen-bond acceptors (Lipinski definition) is 5. The first-order chi connectivity index (χ1) is 12.1. The van der Waals surface area contributed by atoms with Gasteiger partial charge in [0, 0.05) is 31.4 Å². The fourth-order valence-electron chi connectivity index (χ4n) is 2.28. The van der Waals surface area contributed by atoms with Crippen LogP contribution in [0.15, 0.2) is 30.6 Å². The van der Waals surface area contributed by atoms with E-state index in [9.17, 15) is 9.90 Å². The van der Waals surface area contributed by atoms with Gasteiger partial charge in [-0.25, -0.2) is 4.79 Å². The standard InChI is InChI=1S/C17H24N4O4/c1-4-21-11-12(9-20-21)8-18-17(23)19-10-14(22)13-5-6-15(24-2)16(7-13)25-3/h5-7,9,11,14,22H,4,8,10H2,1-3H3,(H2,18,19,23)/t14-/m0/s1. The van der Waals surface area contributed by atoms with Crippen molar-refractivity contribution in [2.24, 2.45) is 0 Å². The van der Waals surface area contributed by atoms with E-state index in [0.717, 1.165) is 12.1 Å². The monoisotopic (exact) mass is 348 g/mol. The molecule has 0 aliphatic carbocycles. The summed E-state index contributed by atoms with van der Waals surface area (Å²) < 4.78 is 12.2. The maximum Gasteiger partial charge on any atom is 0.315 e. The first-order valence-electron chi connectivity index (χ1n) is 8.00. The van der Waals surface area contributed by atoms with Crippen LogP contribution in [-0.4, -0.2) is 41.7 Å². The van der Waals surface area contributed by atoms with Crippen LogP contribution in [0.25, 0.3) is 0 Å². The number of ether oxygens (including phenoxy) is 2. The van der Waals surface area contributed by atoms with Gasteiger partial charge in [0.05, 0.1) is 26.5 Å². The smallest absolute Gasteiger partial charge is 0.315 e. The van der Waals surface area contributed by atoms with Crippen molar-refractivity contribution in [2.75, 3.05) is 20.8 Å².